The predicted octanol–water partition coefficient (Wildman–Crippen LogP) is 1.07. The van der Waals surface area contributed by atoms with Crippen LogP contribution in [0.15, 0.2) is 10.7 Å². The van der Waals surface area contributed by atoms with E-state index >= 15 is 0 Å². The zero-order valence-corrected chi connectivity index (χ0v) is 9.45. The van der Waals surface area contributed by atoms with Crippen LogP contribution in [-0.2, 0) is 6.54 Å². The molecule has 0 aliphatic heterocycles. The van der Waals surface area contributed by atoms with Crippen molar-refractivity contribution in [1.29, 1.82) is 0 Å². The molecule has 1 aromatic rings. The van der Waals surface area contributed by atoms with Gasteiger partial charge in [0.1, 0.15) is 6.26 Å². The van der Waals surface area contributed by atoms with Crippen LogP contribution in [0.3, 0.4) is 0 Å². The summed E-state index contributed by atoms with van der Waals surface area (Å²) in [7, 11) is 1.81. The van der Waals surface area contributed by atoms with Gasteiger partial charge in [0.15, 0.2) is 5.69 Å². The van der Waals surface area contributed by atoms with Gasteiger partial charge in [-0.25, -0.2) is 4.98 Å². The summed E-state index contributed by atoms with van der Waals surface area (Å²) in [6, 6.07) is 0.317. The van der Waals surface area contributed by atoms with Gasteiger partial charge in [-0.15, -0.1) is 0 Å². The van der Waals surface area contributed by atoms with Crippen molar-refractivity contribution in [3.05, 3.63) is 17.8 Å². The highest BCUT2D eigenvalue weighted by Gasteiger charge is 2.19. The minimum atomic E-state index is -0.127. The van der Waals surface area contributed by atoms with Crippen molar-refractivity contribution >= 4 is 5.91 Å². The summed E-state index contributed by atoms with van der Waals surface area (Å²) >= 11 is 0. The molecule has 2 N–H and O–H groups in total. The maximum Gasteiger partial charge on any atom is 0.273 e. The van der Waals surface area contributed by atoms with Crippen LogP contribution in [0.5, 0.6) is 0 Å². The fourth-order valence-corrected chi connectivity index (χ4v) is 1.98. The molecule has 5 heteroatoms. The van der Waals surface area contributed by atoms with Gasteiger partial charge in [-0.1, -0.05) is 12.8 Å². The maximum absolute atomic E-state index is 11.8. The molecule has 0 bridgehead atoms. The lowest BCUT2D eigenvalue weighted by molar-refractivity contribution is 0.0933. The van der Waals surface area contributed by atoms with Gasteiger partial charge in [-0.2, -0.15) is 0 Å². The second kappa shape index (κ2) is 5.12. The van der Waals surface area contributed by atoms with Crippen molar-refractivity contribution in [2.75, 3.05) is 7.05 Å². The lowest BCUT2D eigenvalue weighted by Gasteiger charge is -2.09. The van der Waals surface area contributed by atoms with Crippen LogP contribution in [0.2, 0.25) is 0 Å². The van der Waals surface area contributed by atoms with E-state index in [2.05, 4.69) is 15.6 Å². The normalized spacial score (nSPS) is 16.6. The van der Waals surface area contributed by atoms with E-state index in [9.17, 15) is 4.79 Å². The van der Waals surface area contributed by atoms with Crippen LogP contribution in [0.1, 0.15) is 42.1 Å². The van der Waals surface area contributed by atoms with E-state index in [1.807, 2.05) is 7.05 Å². The Labute approximate surface area is 94.6 Å². The zero-order chi connectivity index (χ0) is 11.4. The number of nitrogens with one attached hydrogen (secondary N) is 2. The number of hydrogen-bond donors (Lipinski definition) is 2. The molecular weight excluding hydrogens is 206 g/mol. The third kappa shape index (κ3) is 2.61. The molecule has 1 heterocycles. The van der Waals surface area contributed by atoms with E-state index in [1.165, 1.54) is 19.1 Å². The number of aromatic nitrogens is 1. The van der Waals surface area contributed by atoms with Crippen molar-refractivity contribution < 1.29 is 9.21 Å². The van der Waals surface area contributed by atoms with Gasteiger partial charge >= 0.3 is 0 Å². The van der Waals surface area contributed by atoms with Crippen LogP contribution in [0.4, 0.5) is 0 Å². The van der Waals surface area contributed by atoms with Crippen LogP contribution in [-0.4, -0.2) is 24.0 Å². The number of amides is 1. The van der Waals surface area contributed by atoms with E-state index in [1.54, 1.807) is 0 Å². The number of carbonyl (C=O) groups is 1. The Bertz CT molecular complexity index is 356. The first-order chi connectivity index (χ1) is 7.79. The van der Waals surface area contributed by atoms with Crippen LogP contribution in [0, 0.1) is 0 Å². The van der Waals surface area contributed by atoms with E-state index in [0.29, 0.717) is 24.2 Å². The summed E-state index contributed by atoms with van der Waals surface area (Å²) in [6.07, 6.45) is 5.97. The molecule has 0 unspecified atom stereocenters. The highest BCUT2D eigenvalue weighted by molar-refractivity contribution is 5.92. The molecule has 1 amide bonds. The Balaban J connectivity index is 1.91. The van der Waals surface area contributed by atoms with Crippen molar-refractivity contribution in [3.8, 4) is 0 Å². The Morgan fingerprint density at radius 1 is 1.56 bits per heavy atom. The summed E-state index contributed by atoms with van der Waals surface area (Å²) in [4.78, 5) is 15.9. The molecule has 0 atom stereocenters. The van der Waals surface area contributed by atoms with Crippen molar-refractivity contribution in [1.82, 2.24) is 15.6 Å². The molecule has 2 rings (SSSR count). The van der Waals surface area contributed by atoms with Crippen molar-refractivity contribution in [2.45, 2.75) is 38.3 Å². The van der Waals surface area contributed by atoms with Gasteiger partial charge < -0.3 is 15.1 Å². The van der Waals surface area contributed by atoms with Crippen LogP contribution >= 0.6 is 0 Å². The maximum atomic E-state index is 11.8. The highest BCUT2D eigenvalue weighted by atomic mass is 16.3. The van der Waals surface area contributed by atoms with Crippen molar-refractivity contribution in [3.63, 3.8) is 0 Å². The van der Waals surface area contributed by atoms with E-state index in [0.717, 1.165) is 12.8 Å². The molecule has 1 aliphatic carbocycles. The smallest absolute Gasteiger partial charge is 0.273 e. The molecule has 1 fully saturated rings. The molecule has 1 aromatic heterocycles. The molecule has 5 nitrogen and oxygen atoms in total. The quantitative estimate of drug-likeness (QED) is 0.801. The number of nitrogens with zero attached hydrogens (tertiary/aromatic N) is 1. The summed E-state index contributed by atoms with van der Waals surface area (Å²) < 4.78 is 5.16. The monoisotopic (exact) mass is 223 g/mol. The van der Waals surface area contributed by atoms with Gasteiger partial charge in [0.25, 0.3) is 5.91 Å². The van der Waals surface area contributed by atoms with Crippen LogP contribution < -0.4 is 10.6 Å². The second-order valence-electron chi connectivity index (χ2n) is 4.11. The molecule has 0 spiro atoms. The minimum absolute atomic E-state index is 0.127. The lowest BCUT2D eigenvalue weighted by atomic mass is 10.2. The standard InChI is InChI=1S/C11H17N3O2/c1-12-6-10-14-9(7-16-10)11(15)13-8-4-2-3-5-8/h7-8,12H,2-6H2,1H3,(H,13,15). The van der Waals surface area contributed by atoms with Gasteiger partial charge in [0.05, 0.1) is 6.54 Å². The van der Waals surface area contributed by atoms with E-state index in [4.69, 9.17) is 4.42 Å². The molecule has 16 heavy (non-hydrogen) atoms. The SMILES string of the molecule is CNCc1nc(C(=O)NC2CCCC2)co1. The van der Waals surface area contributed by atoms with Crippen LogP contribution in [0.25, 0.3) is 0 Å². The number of carbonyl (C=O) groups excluding carboxylic acids is 1. The first kappa shape index (κ1) is 11.1. The zero-order valence-electron chi connectivity index (χ0n) is 9.45. The number of rotatable bonds is 4. The molecule has 0 saturated heterocycles. The fourth-order valence-electron chi connectivity index (χ4n) is 1.98. The third-order valence-electron chi connectivity index (χ3n) is 2.80. The Kier molecular flexibility index (Phi) is 3.56. The van der Waals surface area contributed by atoms with Gasteiger partial charge in [-0.05, 0) is 19.9 Å². The minimum Gasteiger partial charge on any atom is -0.447 e. The average molecular weight is 223 g/mol. The molecule has 88 valence electrons. The van der Waals surface area contributed by atoms with E-state index < -0.39 is 0 Å². The summed E-state index contributed by atoms with van der Waals surface area (Å²) in [5, 5.41) is 5.89. The molecule has 1 saturated carbocycles. The predicted molar refractivity (Wildman–Crippen MR) is 59.0 cm³/mol. The van der Waals surface area contributed by atoms with E-state index in [-0.39, 0.29) is 5.91 Å². The van der Waals surface area contributed by atoms with Crippen molar-refractivity contribution in [2.24, 2.45) is 0 Å². The molecule has 0 radical (unpaired) electrons. The largest absolute Gasteiger partial charge is 0.447 e. The van der Waals surface area contributed by atoms with Gasteiger partial charge in [-0.3, -0.25) is 4.79 Å². The van der Waals surface area contributed by atoms with Gasteiger partial charge in [0, 0.05) is 6.04 Å². The Morgan fingerprint density at radius 3 is 3.00 bits per heavy atom. The third-order valence-corrected chi connectivity index (χ3v) is 2.80. The lowest BCUT2D eigenvalue weighted by Crippen LogP contribution is -2.32. The molecular formula is C11H17N3O2. The molecule has 0 aromatic carbocycles. The Morgan fingerprint density at radius 2 is 2.31 bits per heavy atom. The van der Waals surface area contributed by atoms with Gasteiger partial charge in [0.2, 0.25) is 5.89 Å². The first-order valence-electron chi connectivity index (χ1n) is 5.69. The average Bonchev–Trinajstić information content (AvgIpc) is 2.89. The summed E-state index contributed by atoms with van der Waals surface area (Å²) in [5.74, 6) is 0.414. The topological polar surface area (TPSA) is 67.2 Å². The fraction of sp³-hybridized carbons (Fsp3) is 0.636. The number of oxazole rings is 1. The first-order valence-corrected chi connectivity index (χ1v) is 5.69. The summed E-state index contributed by atoms with van der Waals surface area (Å²) in [6.45, 7) is 0.538. The summed E-state index contributed by atoms with van der Waals surface area (Å²) in [5.41, 5.74) is 0.372. The number of hydrogen-bond acceptors (Lipinski definition) is 4. The highest BCUT2D eigenvalue weighted by Crippen LogP contribution is 2.18. The second-order valence-corrected chi connectivity index (χ2v) is 4.11. The molecule has 1 aliphatic rings. The Hall–Kier alpha value is -1.36.